The lowest BCUT2D eigenvalue weighted by atomic mass is 10.2. The highest BCUT2D eigenvalue weighted by molar-refractivity contribution is 7.98. The average Bonchev–Trinajstić information content (AvgIpc) is 2.62. The zero-order valence-electron chi connectivity index (χ0n) is 14.6. The molecule has 0 aliphatic carbocycles. The van der Waals surface area contributed by atoms with Gasteiger partial charge in [0.15, 0.2) is 5.16 Å². The summed E-state index contributed by atoms with van der Waals surface area (Å²) in [6.45, 7) is 4.63. The second-order valence-corrected chi connectivity index (χ2v) is 7.34. The Morgan fingerprint density at radius 1 is 1.15 bits per heavy atom. The van der Waals surface area contributed by atoms with Crippen molar-refractivity contribution in [3.8, 4) is 0 Å². The number of benzene rings is 2. The highest BCUT2D eigenvalue weighted by Gasteiger charge is 2.16. The molecule has 0 unspecified atom stereocenters. The summed E-state index contributed by atoms with van der Waals surface area (Å²) < 4.78 is 1.67. The minimum absolute atomic E-state index is 0.0747. The molecule has 1 aromatic heterocycles. The molecule has 134 valence electrons. The van der Waals surface area contributed by atoms with Crippen molar-refractivity contribution < 1.29 is 4.92 Å². The summed E-state index contributed by atoms with van der Waals surface area (Å²) in [6.07, 6.45) is 0. The lowest BCUT2D eigenvalue weighted by molar-refractivity contribution is -0.385. The second kappa shape index (κ2) is 7.70. The number of nitro groups is 1. The molecule has 0 fully saturated rings. The molecule has 0 amide bonds. The molecule has 0 aliphatic heterocycles. The molecule has 0 N–H and O–H groups in total. The van der Waals surface area contributed by atoms with Crippen LogP contribution in [0.3, 0.4) is 0 Å². The monoisotopic (exact) mass is 369 g/mol. The van der Waals surface area contributed by atoms with Crippen LogP contribution in [0.25, 0.3) is 10.9 Å². The Bertz CT molecular complexity index is 1010. The van der Waals surface area contributed by atoms with E-state index in [9.17, 15) is 14.9 Å². The van der Waals surface area contributed by atoms with Gasteiger partial charge in [-0.2, -0.15) is 0 Å². The molecule has 6 nitrogen and oxygen atoms in total. The number of thioether (sulfide) groups is 1. The third-order valence-electron chi connectivity index (χ3n) is 3.92. The Balaban J connectivity index is 2.01. The summed E-state index contributed by atoms with van der Waals surface area (Å²) in [5, 5.41) is 12.4. The minimum Gasteiger partial charge on any atom is -0.287 e. The van der Waals surface area contributed by atoms with Gasteiger partial charge in [0.1, 0.15) is 0 Å². The maximum atomic E-state index is 12.9. The van der Waals surface area contributed by atoms with E-state index in [0.29, 0.717) is 33.9 Å². The summed E-state index contributed by atoms with van der Waals surface area (Å²) in [7, 11) is 0. The van der Waals surface area contributed by atoms with E-state index in [4.69, 9.17) is 0 Å². The van der Waals surface area contributed by atoms with Gasteiger partial charge in [-0.05, 0) is 18.1 Å². The van der Waals surface area contributed by atoms with Gasteiger partial charge in [-0.15, -0.1) is 0 Å². The number of nitro benzene ring substituents is 1. The van der Waals surface area contributed by atoms with Crippen molar-refractivity contribution in [1.29, 1.82) is 0 Å². The third-order valence-corrected chi connectivity index (χ3v) is 4.94. The van der Waals surface area contributed by atoms with Gasteiger partial charge >= 0.3 is 0 Å². The quantitative estimate of drug-likeness (QED) is 0.281. The molecule has 3 aromatic rings. The van der Waals surface area contributed by atoms with Crippen LogP contribution < -0.4 is 5.56 Å². The van der Waals surface area contributed by atoms with Crippen LogP contribution >= 0.6 is 11.8 Å². The Labute approximate surface area is 155 Å². The molecule has 0 bridgehead atoms. The van der Waals surface area contributed by atoms with Gasteiger partial charge in [-0.1, -0.05) is 55.9 Å². The highest BCUT2D eigenvalue weighted by atomic mass is 32.2. The number of aromatic nitrogens is 2. The number of fused-ring (bicyclic) bond motifs is 1. The Morgan fingerprint density at radius 3 is 2.58 bits per heavy atom. The number of rotatable bonds is 6. The molecule has 0 saturated heterocycles. The Morgan fingerprint density at radius 2 is 1.85 bits per heavy atom. The first-order valence-electron chi connectivity index (χ1n) is 8.32. The van der Waals surface area contributed by atoms with Crippen LogP contribution in [-0.2, 0) is 12.3 Å². The molecule has 7 heteroatoms. The van der Waals surface area contributed by atoms with E-state index in [1.807, 2.05) is 32.0 Å². The molecule has 1 heterocycles. The zero-order chi connectivity index (χ0) is 18.7. The molecule has 0 radical (unpaired) electrons. The lowest BCUT2D eigenvalue weighted by Gasteiger charge is -2.15. The predicted octanol–water partition coefficient (Wildman–Crippen LogP) is 4.25. The van der Waals surface area contributed by atoms with Gasteiger partial charge in [0.25, 0.3) is 11.2 Å². The van der Waals surface area contributed by atoms with E-state index in [-0.39, 0.29) is 22.1 Å². The average molecular weight is 369 g/mol. The SMILES string of the molecule is CC(C)Cn1c(SCc2ccccc2[N+](=O)[O-])nc2ccccc2c1=O. The van der Waals surface area contributed by atoms with E-state index in [0.717, 1.165) is 0 Å². The molecule has 2 aromatic carbocycles. The number of nitrogens with zero attached hydrogens (tertiary/aromatic N) is 3. The normalized spacial score (nSPS) is 11.2. The predicted molar refractivity (Wildman–Crippen MR) is 103 cm³/mol. The number of hydrogen-bond acceptors (Lipinski definition) is 5. The van der Waals surface area contributed by atoms with Gasteiger partial charge in [-0.3, -0.25) is 19.5 Å². The first-order valence-corrected chi connectivity index (χ1v) is 9.30. The zero-order valence-corrected chi connectivity index (χ0v) is 15.4. The van der Waals surface area contributed by atoms with Crippen molar-refractivity contribution in [3.63, 3.8) is 0 Å². The van der Waals surface area contributed by atoms with Gasteiger partial charge < -0.3 is 0 Å². The lowest BCUT2D eigenvalue weighted by Crippen LogP contribution is -2.25. The first-order chi connectivity index (χ1) is 12.5. The largest absolute Gasteiger partial charge is 0.287 e. The van der Waals surface area contributed by atoms with Crippen molar-refractivity contribution in [2.24, 2.45) is 5.92 Å². The van der Waals surface area contributed by atoms with Crippen molar-refractivity contribution >= 4 is 28.4 Å². The Kier molecular flexibility index (Phi) is 5.37. The molecule has 0 spiro atoms. The van der Waals surface area contributed by atoms with Crippen molar-refractivity contribution in [3.05, 3.63) is 74.6 Å². The maximum absolute atomic E-state index is 12.9. The van der Waals surface area contributed by atoms with Gasteiger partial charge in [0.2, 0.25) is 0 Å². The topological polar surface area (TPSA) is 78.0 Å². The fraction of sp³-hybridized carbons (Fsp3) is 0.263. The van der Waals surface area contributed by atoms with Gasteiger partial charge in [0.05, 0.1) is 15.8 Å². The van der Waals surface area contributed by atoms with Crippen LogP contribution in [0.1, 0.15) is 19.4 Å². The number of hydrogen-bond donors (Lipinski definition) is 0. The summed E-state index contributed by atoms with van der Waals surface area (Å²) in [6, 6.07) is 13.9. The maximum Gasteiger partial charge on any atom is 0.273 e. The molecule has 26 heavy (non-hydrogen) atoms. The smallest absolute Gasteiger partial charge is 0.273 e. The first kappa shape index (κ1) is 18.1. The van der Waals surface area contributed by atoms with E-state index < -0.39 is 0 Å². The van der Waals surface area contributed by atoms with Crippen LogP contribution in [0, 0.1) is 16.0 Å². The van der Waals surface area contributed by atoms with Crippen molar-refractivity contribution in [1.82, 2.24) is 9.55 Å². The Hall–Kier alpha value is -2.67. The standard InChI is InChI=1S/C19H19N3O3S/c1-13(2)11-21-18(23)15-8-4-5-9-16(15)20-19(21)26-12-14-7-3-6-10-17(14)22(24)25/h3-10,13H,11-12H2,1-2H3. The summed E-state index contributed by atoms with van der Waals surface area (Å²) in [5.41, 5.74) is 1.26. The molecule has 3 rings (SSSR count). The summed E-state index contributed by atoms with van der Waals surface area (Å²) in [5.74, 6) is 0.654. The summed E-state index contributed by atoms with van der Waals surface area (Å²) >= 11 is 1.35. The molecule has 0 saturated carbocycles. The fourth-order valence-electron chi connectivity index (χ4n) is 2.74. The molecular formula is C19H19N3O3S. The number of para-hydroxylation sites is 2. The second-order valence-electron chi connectivity index (χ2n) is 6.40. The fourth-order valence-corrected chi connectivity index (χ4v) is 3.74. The van der Waals surface area contributed by atoms with Crippen molar-refractivity contribution in [2.75, 3.05) is 0 Å². The van der Waals surface area contributed by atoms with Gasteiger partial charge in [-0.25, -0.2) is 4.98 Å². The van der Waals surface area contributed by atoms with E-state index in [2.05, 4.69) is 4.98 Å². The molecule has 0 atom stereocenters. The van der Waals surface area contributed by atoms with Crippen LogP contribution in [0.15, 0.2) is 58.5 Å². The summed E-state index contributed by atoms with van der Waals surface area (Å²) in [4.78, 5) is 28.3. The van der Waals surface area contributed by atoms with Crippen LogP contribution in [-0.4, -0.2) is 14.5 Å². The van der Waals surface area contributed by atoms with Crippen molar-refractivity contribution in [2.45, 2.75) is 31.3 Å². The minimum atomic E-state index is -0.384. The third kappa shape index (κ3) is 3.77. The van der Waals surface area contributed by atoms with Gasteiger partial charge in [0, 0.05) is 23.9 Å². The molecule has 0 aliphatic rings. The van der Waals surface area contributed by atoms with E-state index in [1.165, 1.54) is 17.8 Å². The highest BCUT2D eigenvalue weighted by Crippen LogP contribution is 2.27. The van der Waals surface area contributed by atoms with Crippen LogP contribution in [0.5, 0.6) is 0 Å². The molecular weight excluding hydrogens is 350 g/mol. The van der Waals surface area contributed by atoms with E-state index in [1.54, 1.807) is 28.8 Å². The van der Waals surface area contributed by atoms with E-state index >= 15 is 0 Å². The van der Waals surface area contributed by atoms with Crippen LogP contribution in [0.2, 0.25) is 0 Å². The van der Waals surface area contributed by atoms with Crippen LogP contribution in [0.4, 0.5) is 5.69 Å².